The van der Waals surface area contributed by atoms with E-state index in [1.165, 1.54) is 19.8 Å². The zero-order valence-electron chi connectivity index (χ0n) is 18.0. The molecule has 3 aliphatic rings. The lowest BCUT2D eigenvalue weighted by Gasteiger charge is -2.42. The van der Waals surface area contributed by atoms with Crippen molar-refractivity contribution in [1.82, 2.24) is 9.80 Å². The highest BCUT2D eigenvalue weighted by molar-refractivity contribution is 8.01. The zero-order valence-corrected chi connectivity index (χ0v) is 18.9. The third-order valence-electron chi connectivity index (χ3n) is 5.47. The largest absolute Gasteiger partial charge is 0.511 e. The number of hydrogen-bond acceptors (Lipinski definition) is 8. The summed E-state index contributed by atoms with van der Waals surface area (Å²) in [4.78, 5) is 45.3. The number of carbonyl (C=O) groups is 3. The minimum atomic E-state index is -1.11. The third-order valence-corrected chi connectivity index (χ3v) is 7.03. The summed E-state index contributed by atoms with van der Waals surface area (Å²) in [6.07, 6.45) is 4.54. The Bertz CT molecular complexity index is 692. The topological polar surface area (TPSA) is 97.7 Å². The normalized spacial score (nSPS) is 29.1. The van der Waals surface area contributed by atoms with Crippen molar-refractivity contribution in [3.05, 3.63) is 0 Å². The molecule has 30 heavy (non-hydrogen) atoms. The maximum Gasteiger partial charge on any atom is 0.511 e. The summed E-state index contributed by atoms with van der Waals surface area (Å²) in [5.74, 6) is -0.778. The number of amides is 1. The highest BCUT2D eigenvalue weighted by Crippen LogP contribution is 2.52. The fourth-order valence-corrected chi connectivity index (χ4v) is 5.64. The van der Waals surface area contributed by atoms with Gasteiger partial charge in [-0.3, -0.25) is 9.79 Å². The molecule has 9 nitrogen and oxygen atoms in total. The van der Waals surface area contributed by atoms with Crippen LogP contribution in [0, 0.1) is 0 Å². The van der Waals surface area contributed by atoms with Crippen LogP contribution in [0.4, 0.5) is 4.79 Å². The maximum absolute atomic E-state index is 12.8. The number of aliphatic imine (C=N–C) groups is 1. The smallest absolute Gasteiger partial charge is 0.435 e. The van der Waals surface area contributed by atoms with E-state index in [1.54, 1.807) is 29.9 Å². The average molecular weight is 442 g/mol. The molecule has 1 amide bonds. The van der Waals surface area contributed by atoms with Gasteiger partial charge < -0.3 is 24.0 Å². The molecule has 0 spiro atoms. The highest BCUT2D eigenvalue weighted by Gasteiger charge is 2.64. The summed E-state index contributed by atoms with van der Waals surface area (Å²) < 4.78 is 14.3. The molecule has 0 aromatic rings. The highest BCUT2D eigenvalue weighted by atomic mass is 32.2. The van der Waals surface area contributed by atoms with Crippen LogP contribution in [0.2, 0.25) is 0 Å². The molecule has 0 aromatic heterocycles. The van der Waals surface area contributed by atoms with Crippen LogP contribution in [0.5, 0.6) is 0 Å². The Morgan fingerprint density at radius 2 is 1.90 bits per heavy atom. The van der Waals surface area contributed by atoms with Crippen molar-refractivity contribution in [2.45, 2.75) is 81.9 Å². The van der Waals surface area contributed by atoms with Crippen molar-refractivity contribution in [1.29, 1.82) is 0 Å². The number of carbonyl (C=O) groups excluding carboxylic acids is 3. The molecule has 3 saturated heterocycles. The Kier molecular flexibility index (Phi) is 7.15. The van der Waals surface area contributed by atoms with Crippen LogP contribution in [0.1, 0.15) is 53.4 Å². The number of esters is 1. The lowest BCUT2D eigenvalue weighted by atomic mass is 9.96. The molecule has 3 rings (SSSR count). The van der Waals surface area contributed by atoms with Gasteiger partial charge in [0.1, 0.15) is 11.4 Å². The fourth-order valence-electron chi connectivity index (χ4n) is 4.03. The summed E-state index contributed by atoms with van der Waals surface area (Å²) >= 11 is 1.55. The van der Waals surface area contributed by atoms with E-state index in [-0.39, 0.29) is 17.9 Å². The van der Waals surface area contributed by atoms with E-state index in [0.717, 1.165) is 25.9 Å². The van der Waals surface area contributed by atoms with Gasteiger partial charge in [0, 0.05) is 24.8 Å². The van der Waals surface area contributed by atoms with Crippen LogP contribution in [0.3, 0.4) is 0 Å². The minimum Gasteiger partial charge on any atom is -0.435 e. The van der Waals surface area contributed by atoms with Crippen LogP contribution in [0.15, 0.2) is 4.99 Å². The number of fused-ring (bicyclic) bond motifs is 1. The van der Waals surface area contributed by atoms with Gasteiger partial charge in [0.05, 0.1) is 12.9 Å². The molecule has 10 heteroatoms. The van der Waals surface area contributed by atoms with Gasteiger partial charge in [-0.1, -0.05) is 12.8 Å². The molecule has 0 saturated carbocycles. The Balaban J connectivity index is 1.61. The molecule has 0 aromatic carbocycles. The standard InChI is InChI=1S/C20H31N3O6S/c1-5-27-19(26)29-13(2)28-18(25)15-20(3,4)30-17-14(16(24)23(15)17)21-12-22-10-8-6-7-9-11-22/h12-15,17H,5-11H2,1-4H3/t13?,14-,15?,17-/m1/s1. The van der Waals surface area contributed by atoms with Crippen LogP contribution in [0.25, 0.3) is 0 Å². The van der Waals surface area contributed by atoms with Crippen molar-refractivity contribution < 1.29 is 28.6 Å². The molecule has 3 fully saturated rings. The van der Waals surface area contributed by atoms with Crippen molar-refractivity contribution in [2.75, 3.05) is 19.7 Å². The van der Waals surface area contributed by atoms with E-state index < -0.39 is 35.2 Å². The van der Waals surface area contributed by atoms with Crippen LogP contribution in [-0.4, -0.2) is 82.4 Å². The summed E-state index contributed by atoms with van der Waals surface area (Å²) in [5, 5.41) is -0.199. The number of nitrogens with zero attached hydrogens (tertiary/aromatic N) is 3. The van der Waals surface area contributed by atoms with Crippen LogP contribution < -0.4 is 0 Å². The van der Waals surface area contributed by atoms with Gasteiger partial charge in [-0.2, -0.15) is 0 Å². The van der Waals surface area contributed by atoms with Gasteiger partial charge in [0.15, 0.2) is 6.04 Å². The fraction of sp³-hybridized carbons (Fsp3) is 0.800. The number of hydrogen-bond donors (Lipinski definition) is 0. The quantitative estimate of drug-likeness (QED) is 0.204. The molecule has 2 unspecified atom stereocenters. The SMILES string of the molecule is CCOC(=O)OC(C)OC(=O)C1N2C(=O)[C@@H](N=CN3CCCCCC3)[C@H]2SC1(C)C. The Morgan fingerprint density at radius 1 is 1.23 bits per heavy atom. The van der Waals surface area contributed by atoms with Crippen molar-refractivity contribution in [2.24, 2.45) is 4.99 Å². The van der Waals surface area contributed by atoms with E-state index >= 15 is 0 Å². The van der Waals surface area contributed by atoms with Crippen LogP contribution >= 0.6 is 11.8 Å². The van der Waals surface area contributed by atoms with Crippen molar-refractivity contribution in [3.63, 3.8) is 0 Å². The Labute approximate surface area is 181 Å². The van der Waals surface area contributed by atoms with Gasteiger partial charge in [-0.05, 0) is 33.6 Å². The number of likely N-dealkylation sites (tertiary alicyclic amines) is 1. The second kappa shape index (κ2) is 9.45. The van der Waals surface area contributed by atoms with E-state index in [0.29, 0.717) is 0 Å². The molecule has 0 aliphatic carbocycles. The van der Waals surface area contributed by atoms with Crippen molar-refractivity contribution >= 4 is 36.1 Å². The second-order valence-corrected chi connectivity index (χ2v) is 10.00. The molecule has 0 radical (unpaired) electrons. The van der Waals surface area contributed by atoms with Crippen LogP contribution in [-0.2, 0) is 23.8 Å². The van der Waals surface area contributed by atoms with E-state index in [9.17, 15) is 14.4 Å². The first-order valence-electron chi connectivity index (χ1n) is 10.6. The number of β-lactam (4-membered cyclic amide) rings is 1. The monoisotopic (exact) mass is 441 g/mol. The average Bonchev–Trinajstić information content (AvgIpc) is 2.81. The van der Waals surface area contributed by atoms with Gasteiger partial charge >= 0.3 is 12.1 Å². The number of ether oxygens (including phenoxy) is 3. The zero-order chi connectivity index (χ0) is 21.9. The molecule has 3 heterocycles. The molecular formula is C20H31N3O6S. The molecule has 168 valence electrons. The Morgan fingerprint density at radius 3 is 2.53 bits per heavy atom. The van der Waals surface area contributed by atoms with Crippen molar-refractivity contribution in [3.8, 4) is 0 Å². The minimum absolute atomic E-state index is 0.162. The summed E-state index contributed by atoms with van der Waals surface area (Å²) in [6.45, 7) is 8.99. The first-order chi connectivity index (χ1) is 14.2. The summed E-state index contributed by atoms with van der Waals surface area (Å²) in [5.41, 5.74) is 0. The molecule has 3 aliphatic heterocycles. The predicted molar refractivity (Wildman–Crippen MR) is 112 cm³/mol. The third kappa shape index (κ3) is 4.84. The second-order valence-electron chi connectivity index (χ2n) is 8.22. The lowest BCUT2D eigenvalue weighted by Crippen LogP contribution is -2.65. The molecule has 0 N–H and O–H groups in total. The van der Waals surface area contributed by atoms with Gasteiger partial charge in [0.2, 0.25) is 6.29 Å². The molecule has 4 atom stereocenters. The molecular weight excluding hydrogens is 410 g/mol. The lowest BCUT2D eigenvalue weighted by molar-refractivity contribution is -0.180. The van der Waals surface area contributed by atoms with Gasteiger partial charge in [-0.25, -0.2) is 9.59 Å². The Hall–Kier alpha value is -1.97. The first-order valence-corrected chi connectivity index (χ1v) is 11.4. The first kappa shape index (κ1) is 22.7. The summed E-state index contributed by atoms with van der Waals surface area (Å²) in [6, 6.07) is -1.25. The van der Waals surface area contributed by atoms with E-state index in [4.69, 9.17) is 9.47 Å². The van der Waals surface area contributed by atoms with E-state index in [1.807, 2.05) is 13.8 Å². The predicted octanol–water partition coefficient (Wildman–Crippen LogP) is 2.38. The number of rotatable bonds is 6. The summed E-state index contributed by atoms with van der Waals surface area (Å²) in [7, 11) is 0. The number of thioether (sulfide) groups is 1. The molecule has 0 bridgehead atoms. The maximum atomic E-state index is 12.8. The van der Waals surface area contributed by atoms with E-state index in [2.05, 4.69) is 14.6 Å². The van der Waals surface area contributed by atoms with Gasteiger partial charge in [-0.15, -0.1) is 11.8 Å². The van der Waals surface area contributed by atoms with Gasteiger partial charge in [0.25, 0.3) is 5.91 Å².